The van der Waals surface area contributed by atoms with Gasteiger partial charge in [0.1, 0.15) is 6.61 Å². The number of nitrogens with one attached hydrogen (secondary N) is 2. The number of carboxylic acid groups (broad SMARTS) is 1. The van der Waals surface area contributed by atoms with Crippen LogP contribution in [0.15, 0.2) is 48.5 Å². The van der Waals surface area contributed by atoms with Crippen molar-refractivity contribution >= 4 is 23.0 Å². The topological polar surface area (TPSA) is 114 Å². The van der Waals surface area contributed by atoms with Gasteiger partial charge in [0, 0.05) is 17.7 Å². The van der Waals surface area contributed by atoms with Crippen LogP contribution >= 0.6 is 0 Å². The molecule has 8 nitrogen and oxygen atoms in total. The highest BCUT2D eigenvalue weighted by atomic mass is 16.6. The molecular formula is C15H13N3O5. The zero-order valence-corrected chi connectivity index (χ0v) is 11.9. The summed E-state index contributed by atoms with van der Waals surface area (Å²) in [5.41, 5.74) is 1.64. The SMILES string of the molecule is O=C(O)COC1(c2ccccc2)Nc2ccc([N+](=O)[O-])cc2N1. The predicted molar refractivity (Wildman–Crippen MR) is 82.0 cm³/mol. The summed E-state index contributed by atoms with van der Waals surface area (Å²) >= 11 is 0. The van der Waals surface area contributed by atoms with E-state index in [-0.39, 0.29) is 5.69 Å². The first kappa shape index (κ1) is 14.8. The summed E-state index contributed by atoms with van der Waals surface area (Å²) in [4.78, 5) is 21.3. The second-order valence-electron chi connectivity index (χ2n) is 4.97. The molecule has 3 N–H and O–H groups in total. The summed E-state index contributed by atoms with van der Waals surface area (Å²) in [6, 6.07) is 13.2. The second kappa shape index (κ2) is 5.58. The molecule has 0 radical (unpaired) electrons. The molecule has 1 atom stereocenters. The van der Waals surface area contributed by atoms with Crippen molar-refractivity contribution in [3.63, 3.8) is 0 Å². The highest BCUT2D eigenvalue weighted by Gasteiger charge is 2.40. The third kappa shape index (κ3) is 2.79. The van der Waals surface area contributed by atoms with Crippen molar-refractivity contribution in [3.05, 3.63) is 64.2 Å². The highest BCUT2D eigenvalue weighted by Crippen LogP contribution is 2.41. The highest BCUT2D eigenvalue weighted by molar-refractivity contribution is 5.79. The molecule has 2 aromatic carbocycles. The van der Waals surface area contributed by atoms with E-state index in [1.807, 2.05) is 6.07 Å². The smallest absolute Gasteiger partial charge is 0.329 e. The summed E-state index contributed by atoms with van der Waals surface area (Å²) in [5, 5.41) is 25.9. The van der Waals surface area contributed by atoms with Gasteiger partial charge in [0.15, 0.2) is 0 Å². The van der Waals surface area contributed by atoms with E-state index >= 15 is 0 Å². The first-order valence-electron chi connectivity index (χ1n) is 6.76. The van der Waals surface area contributed by atoms with Crippen LogP contribution in [0.1, 0.15) is 5.56 Å². The summed E-state index contributed by atoms with van der Waals surface area (Å²) in [5.74, 6) is -2.41. The minimum absolute atomic E-state index is 0.0693. The molecule has 0 aromatic heterocycles. The first-order chi connectivity index (χ1) is 11.0. The quantitative estimate of drug-likeness (QED) is 0.573. The van der Waals surface area contributed by atoms with Crippen molar-refractivity contribution in [1.29, 1.82) is 0 Å². The number of benzene rings is 2. The number of nitro groups is 1. The van der Waals surface area contributed by atoms with Gasteiger partial charge in [-0.2, -0.15) is 0 Å². The Morgan fingerprint density at radius 1 is 1.17 bits per heavy atom. The molecule has 1 unspecified atom stereocenters. The fraction of sp³-hybridized carbons (Fsp3) is 0.133. The van der Waals surface area contributed by atoms with E-state index in [9.17, 15) is 14.9 Å². The standard InChI is InChI=1S/C15H13N3O5/c19-14(20)9-23-15(10-4-2-1-3-5-10)16-12-7-6-11(18(21)22)8-13(12)17-15/h1-8,16-17H,9H2,(H,19,20). The number of nitro benzene ring substituents is 1. The van der Waals surface area contributed by atoms with Gasteiger partial charge in [-0.15, -0.1) is 0 Å². The number of ether oxygens (including phenoxy) is 1. The van der Waals surface area contributed by atoms with E-state index in [2.05, 4.69) is 10.6 Å². The molecule has 118 valence electrons. The fourth-order valence-corrected chi connectivity index (χ4v) is 2.41. The van der Waals surface area contributed by atoms with Crippen molar-refractivity contribution in [2.75, 3.05) is 17.2 Å². The van der Waals surface area contributed by atoms with E-state index in [1.54, 1.807) is 30.3 Å². The third-order valence-corrected chi connectivity index (χ3v) is 3.43. The van der Waals surface area contributed by atoms with Gasteiger partial charge in [-0.05, 0) is 6.07 Å². The molecule has 1 heterocycles. The lowest BCUT2D eigenvalue weighted by molar-refractivity contribution is -0.384. The molecule has 0 fully saturated rings. The van der Waals surface area contributed by atoms with Crippen LogP contribution in [0.5, 0.6) is 0 Å². The molecule has 3 rings (SSSR count). The van der Waals surface area contributed by atoms with Gasteiger partial charge in [0.2, 0.25) is 5.85 Å². The van der Waals surface area contributed by atoms with E-state index in [0.717, 1.165) is 0 Å². The van der Waals surface area contributed by atoms with Crippen molar-refractivity contribution < 1.29 is 19.6 Å². The van der Waals surface area contributed by atoms with Crippen molar-refractivity contribution in [3.8, 4) is 0 Å². The Balaban J connectivity index is 1.98. The maximum atomic E-state index is 10.9. The van der Waals surface area contributed by atoms with Gasteiger partial charge in [0.25, 0.3) is 5.69 Å². The molecule has 0 spiro atoms. The summed E-state index contributed by atoms with van der Waals surface area (Å²) in [6.45, 7) is -0.537. The van der Waals surface area contributed by atoms with E-state index in [1.165, 1.54) is 12.1 Å². The van der Waals surface area contributed by atoms with Crippen LogP contribution in [-0.4, -0.2) is 22.6 Å². The summed E-state index contributed by atoms with van der Waals surface area (Å²) < 4.78 is 5.53. The lowest BCUT2D eigenvalue weighted by Crippen LogP contribution is -2.43. The van der Waals surface area contributed by atoms with Gasteiger partial charge in [-0.1, -0.05) is 30.3 Å². The molecule has 8 heteroatoms. The zero-order chi connectivity index (χ0) is 16.4. The van der Waals surface area contributed by atoms with E-state index in [0.29, 0.717) is 16.9 Å². The zero-order valence-electron chi connectivity index (χ0n) is 11.9. The van der Waals surface area contributed by atoms with E-state index < -0.39 is 23.3 Å². The Hall–Kier alpha value is -3.13. The molecule has 0 amide bonds. The molecule has 0 saturated carbocycles. The van der Waals surface area contributed by atoms with Crippen molar-refractivity contribution in [1.82, 2.24) is 0 Å². The lowest BCUT2D eigenvalue weighted by atomic mass is 10.1. The average molecular weight is 315 g/mol. The van der Waals surface area contributed by atoms with Crippen LogP contribution in [0.4, 0.5) is 17.1 Å². The minimum Gasteiger partial charge on any atom is -0.480 e. The normalized spacial score (nSPS) is 18.6. The van der Waals surface area contributed by atoms with Crippen LogP contribution in [0, 0.1) is 10.1 Å². The molecule has 0 aliphatic carbocycles. The van der Waals surface area contributed by atoms with Gasteiger partial charge in [-0.25, -0.2) is 4.79 Å². The molecule has 1 aliphatic heterocycles. The lowest BCUT2D eigenvalue weighted by Gasteiger charge is -2.30. The molecule has 2 aromatic rings. The first-order valence-corrected chi connectivity index (χ1v) is 6.76. The number of nitrogens with zero attached hydrogens (tertiary/aromatic N) is 1. The molecule has 0 saturated heterocycles. The number of carboxylic acids is 1. The maximum absolute atomic E-state index is 10.9. The van der Waals surface area contributed by atoms with E-state index in [4.69, 9.17) is 9.84 Å². The number of rotatable bonds is 5. The average Bonchev–Trinajstić information content (AvgIpc) is 2.92. The Kier molecular flexibility index (Phi) is 3.59. The Morgan fingerprint density at radius 2 is 1.87 bits per heavy atom. The Morgan fingerprint density at radius 3 is 2.52 bits per heavy atom. The number of fused-ring (bicyclic) bond motifs is 1. The molecule has 0 bridgehead atoms. The van der Waals surface area contributed by atoms with Crippen LogP contribution in [0.25, 0.3) is 0 Å². The summed E-state index contributed by atoms with van der Waals surface area (Å²) in [7, 11) is 0. The van der Waals surface area contributed by atoms with Crippen molar-refractivity contribution in [2.24, 2.45) is 0 Å². The van der Waals surface area contributed by atoms with Crippen LogP contribution in [-0.2, 0) is 15.4 Å². The number of anilines is 2. The molecule has 1 aliphatic rings. The molecule has 23 heavy (non-hydrogen) atoms. The second-order valence-corrected chi connectivity index (χ2v) is 4.97. The number of hydrogen-bond acceptors (Lipinski definition) is 6. The number of aliphatic carboxylic acids is 1. The third-order valence-electron chi connectivity index (χ3n) is 3.43. The monoisotopic (exact) mass is 315 g/mol. The van der Waals surface area contributed by atoms with Gasteiger partial charge < -0.3 is 20.5 Å². The van der Waals surface area contributed by atoms with Gasteiger partial charge >= 0.3 is 5.97 Å². The number of carbonyl (C=O) groups is 1. The Bertz CT molecular complexity index is 765. The fourth-order valence-electron chi connectivity index (χ4n) is 2.41. The van der Waals surface area contributed by atoms with Crippen molar-refractivity contribution in [2.45, 2.75) is 5.85 Å². The minimum atomic E-state index is -1.29. The largest absolute Gasteiger partial charge is 0.480 e. The van der Waals surface area contributed by atoms with Crippen LogP contribution in [0.3, 0.4) is 0 Å². The maximum Gasteiger partial charge on any atom is 0.329 e. The Labute approximate surface area is 130 Å². The number of non-ortho nitro benzene ring substituents is 1. The van der Waals surface area contributed by atoms with Gasteiger partial charge in [-0.3, -0.25) is 10.1 Å². The predicted octanol–water partition coefficient (Wildman–Crippen LogP) is 2.34. The molecular weight excluding hydrogens is 302 g/mol. The van der Waals surface area contributed by atoms with Gasteiger partial charge in [0.05, 0.1) is 16.3 Å². The number of hydrogen-bond donors (Lipinski definition) is 3. The van der Waals surface area contributed by atoms with Crippen LogP contribution in [0.2, 0.25) is 0 Å². The van der Waals surface area contributed by atoms with Crippen LogP contribution < -0.4 is 10.6 Å². The summed E-state index contributed by atoms with van der Waals surface area (Å²) in [6.07, 6.45) is 0.